The number of hydrogen-bond donors (Lipinski definition) is 2. The topological polar surface area (TPSA) is 67.4 Å². The highest BCUT2D eigenvalue weighted by Crippen LogP contribution is 2.22. The molecule has 0 saturated carbocycles. The van der Waals surface area contributed by atoms with E-state index in [4.69, 9.17) is 4.74 Å². The summed E-state index contributed by atoms with van der Waals surface area (Å²) in [5, 5.41) is 5.76. The van der Waals surface area contributed by atoms with Gasteiger partial charge in [0.05, 0.1) is 6.10 Å². The smallest absolute Gasteiger partial charge is 0.251 e. The first-order chi connectivity index (χ1) is 12.7. The lowest BCUT2D eigenvalue weighted by atomic mass is 9.86. The Morgan fingerprint density at radius 2 is 1.81 bits per heavy atom. The molecule has 0 bridgehead atoms. The highest BCUT2D eigenvalue weighted by molar-refractivity contribution is 5.97. The molecular weight excluding hydrogens is 340 g/mol. The van der Waals surface area contributed by atoms with Crippen molar-refractivity contribution in [2.45, 2.75) is 83.9 Å². The van der Waals surface area contributed by atoms with Gasteiger partial charge < -0.3 is 15.4 Å². The summed E-state index contributed by atoms with van der Waals surface area (Å²) in [4.78, 5) is 24.7. The van der Waals surface area contributed by atoms with E-state index >= 15 is 0 Å². The van der Waals surface area contributed by atoms with Crippen LogP contribution in [0.1, 0.15) is 76.2 Å². The summed E-state index contributed by atoms with van der Waals surface area (Å²) in [5.74, 6) is -0.389. The molecule has 1 aromatic carbocycles. The van der Waals surface area contributed by atoms with Crippen molar-refractivity contribution in [2.24, 2.45) is 0 Å². The standard InChI is InChI=1S/C22H34N2O3/c1-15(8-13-19-7-6-14-27-19)23-20(25)16(2)24-21(26)17-9-11-18(12-10-17)22(3,4)5/h9-12,15-16,19H,6-8,13-14H2,1-5H3,(H,23,25)(H,24,26). The molecule has 2 rings (SSSR count). The molecule has 3 atom stereocenters. The lowest BCUT2D eigenvalue weighted by Crippen LogP contribution is -2.47. The number of hydrogen-bond acceptors (Lipinski definition) is 3. The maximum Gasteiger partial charge on any atom is 0.251 e. The SMILES string of the molecule is CC(CCC1CCCO1)NC(=O)C(C)NC(=O)c1ccc(C(C)(C)C)cc1. The molecule has 0 radical (unpaired) electrons. The Kier molecular flexibility index (Phi) is 7.42. The Balaban J connectivity index is 1.79. The van der Waals surface area contributed by atoms with Gasteiger partial charge in [0.15, 0.2) is 0 Å². The van der Waals surface area contributed by atoms with E-state index in [1.165, 1.54) is 5.56 Å². The summed E-state index contributed by atoms with van der Waals surface area (Å²) in [6, 6.07) is 7.03. The first-order valence-corrected chi connectivity index (χ1v) is 10.00. The molecule has 27 heavy (non-hydrogen) atoms. The van der Waals surface area contributed by atoms with Crippen LogP contribution in [0.3, 0.4) is 0 Å². The highest BCUT2D eigenvalue weighted by atomic mass is 16.5. The van der Waals surface area contributed by atoms with E-state index in [1.54, 1.807) is 6.92 Å². The molecular formula is C22H34N2O3. The van der Waals surface area contributed by atoms with Crippen molar-refractivity contribution in [3.8, 4) is 0 Å². The Morgan fingerprint density at radius 1 is 1.15 bits per heavy atom. The van der Waals surface area contributed by atoms with Crippen molar-refractivity contribution >= 4 is 11.8 Å². The fraction of sp³-hybridized carbons (Fsp3) is 0.636. The molecule has 1 aliphatic heterocycles. The van der Waals surface area contributed by atoms with Gasteiger partial charge in [0, 0.05) is 18.2 Å². The van der Waals surface area contributed by atoms with Gasteiger partial charge in [0.25, 0.3) is 5.91 Å². The van der Waals surface area contributed by atoms with Crippen LogP contribution in [0.25, 0.3) is 0 Å². The van der Waals surface area contributed by atoms with E-state index in [9.17, 15) is 9.59 Å². The predicted molar refractivity (Wildman–Crippen MR) is 108 cm³/mol. The fourth-order valence-corrected chi connectivity index (χ4v) is 3.22. The van der Waals surface area contributed by atoms with Gasteiger partial charge in [-0.2, -0.15) is 0 Å². The van der Waals surface area contributed by atoms with Crippen LogP contribution >= 0.6 is 0 Å². The Labute approximate surface area is 163 Å². The number of ether oxygens (including phenoxy) is 1. The average Bonchev–Trinajstić information content (AvgIpc) is 3.12. The molecule has 3 unspecified atom stereocenters. The summed E-state index contributed by atoms with van der Waals surface area (Å²) in [6.45, 7) is 11.0. The Hall–Kier alpha value is -1.88. The first kappa shape index (κ1) is 21.4. The molecule has 5 nitrogen and oxygen atoms in total. The van der Waals surface area contributed by atoms with Crippen molar-refractivity contribution in [1.82, 2.24) is 10.6 Å². The lowest BCUT2D eigenvalue weighted by molar-refractivity contribution is -0.123. The summed E-state index contributed by atoms with van der Waals surface area (Å²) < 4.78 is 5.62. The monoisotopic (exact) mass is 374 g/mol. The quantitative estimate of drug-likeness (QED) is 0.767. The van der Waals surface area contributed by atoms with E-state index in [0.29, 0.717) is 11.7 Å². The van der Waals surface area contributed by atoms with Crippen LogP contribution in [0, 0.1) is 0 Å². The van der Waals surface area contributed by atoms with Gasteiger partial charge in [0.2, 0.25) is 5.91 Å². The molecule has 1 saturated heterocycles. The maximum absolute atomic E-state index is 12.4. The van der Waals surface area contributed by atoms with Crippen molar-refractivity contribution in [3.63, 3.8) is 0 Å². The van der Waals surface area contributed by atoms with Crippen LogP contribution in [0.5, 0.6) is 0 Å². The number of rotatable bonds is 7. The van der Waals surface area contributed by atoms with Crippen LogP contribution in [0.2, 0.25) is 0 Å². The third-order valence-electron chi connectivity index (χ3n) is 5.09. The van der Waals surface area contributed by atoms with Crippen LogP contribution < -0.4 is 10.6 Å². The van der Waals surface area contributed by atoms with E-state index in [1.807, 2.05) is 31.2 Å². The summed E-state index contributed by atoms with van der Waals surface area (Å²) >= 11 is 0. The third kappa shape index (κ3) is 6.65. The minimum absolute atomic E-state index is 0.0435. The van der Waals surface area contributed by atoms with Gasteiger partial charge in [-0.05, 0) is 62.6 Å². The Bertz CT molecular complexity index is 628. The second kappa shape index (κ2) is 9.36. The van der Waals surface area contributed by atoms with Crippen LogP contribution in [0.4, 0.5) is 0 Å². The first-order valence-electron chi connectivity index (χ1n) is 10.00. The van der Waals surface area contributed by atoms with Crippen LogP contribution in [0.15, 0.2) is 24.3 Å². The van der Waals surface area contributed by atoms with Gasteiger partial charge in [-0.25, -0.2) is 0 Å². The predicted octanol–water partition coefficient (Wildman–Crippen LogP) is 3.57. The zero-order chi connectivity index (χ0) is 20.0. The third-order valence-corrected chi connectivity index (χ3v) is 5.09. The molecule has 0 aromatic heterocycles. The minimum atomic E-state index is -0.579. The van der Waals surface area contributed by atoms with Crippen LogP contribution in [-0.2, 0) is 14.9 Å². The highest BCUT2D eigenvalue weighted by Gasteiger charge is 2.21. The number of carbonyl (C=O) groups excluding carboxylic acids is 2. The zero-order valence-electron chi connectivity index (χ0n) is 17.3. The van der Waals surface area contributed by atoms with Gasteiger partial charge in [-0.1, -0.05) is 32.9 Å². The van der Waals surface area contributed by atoms with Gasteiger partial charge in [-0.3, -0.25) is 9.59 Å². The van der Waals surface area contributed by atoms with Crippen molar-refractivity contribution in [1.29, 1.82) is 0 Å². The molecule has 1 aliphatic rings. The van der Waals surface area contributed by atoms with Crippen molar-refractivity contribution in [3.05, 3.63) is 35.4 Å². The molecule has 1 aromatic rings. The van der Waals surface area contributed by atoms with E-state index in [-0.39, 0.29) is 23.3 Å². The summed E-state index contributed by atoms with van der Waals surface area (Å²) in [7, 11) is 0. The zero-order valence-corrected chi connectivity index (χ0v) is 17.3. The van der Waals surface area contributed by atoms with Crippen LogP contribution in [-0.4, -0.2) is 36.6 Å². The molecule has 2 N–H and O–H groups in total. The van der Waals surface area contributed by atoms with Gasteiger partial charge >= 0.3 is 0 Å². The molecule has 150 valence electrons. The number of carbonyl (C=O) groups is 2. The molecule has 0 spiro atoms. The normalized spacial score (nSPS) is 19.4. The summed E-state index contributed by atoms with van der Waals surface area (Å²) in [6.07, 6.45) is 4.41. The van der Waals surface area contributed by atoms with Gasteiger partial charge in [0.1, 0.15) is 6.04 Å². The maximum atomic E-state index is 12.4. The number of nitrogens with one attached hydrogen (secondary N) is 2. The Morgan fingerprint density at radius 3 is 2.37 bits per heavy atom. The van der Waals surface area contributed by atoms with Crippen molar-refractivity contribution < 1.29 is 14.3 Å². The molecule has 1 heterocycles. The number of benzene rings is 1. The molecule has 5 heteroatoms. The fourth-order valence-electron chi connectivity index (χ4n) is 3.22. The second-order valence-corrected chi connectivity index (χ2v) is 8.64. The summed E-state index contributed by atoms with van der Waals surface area (Å²) in [5.41, 5.74) is 1.78. The van der Waals surface area contributed by atoms with Crippen molar-refractivity contribution in [2.75, 3.05) is 6.61 Å². The minimum Gasteiger partial charge on any atom is -0.378 e. The lowest BCUT2D eigenvalue weighted by Gasteiger charge is -2.20. The second-order valence-electron chi connectivity index (χ2n) is 8.64. The molecule has 0 aliphatic carbocycles. The van der Waals surface area contributed by atoms with E-state index in [0.717, 1.165) is 32.3 Å². The van der Waals surface area contributed by atoms with E-state index < -0.39 is 6.04 Å². The number of amides is 2. The largest absolute Gasteiger partial charge is 0.378 e. The molecule has 1 fully saturated rings. The van der Waals surface area contributed by atoms with Gasteiger partial charge in [-0.15, -0.1) is 0 Å². The molecule has 2 amide bonds. The average molecular weight is 375 g/mol. The van der Waals surface area contributed by atoms with E-state index in [2.05, 4.69) is 31.4 Å².